The van der Waals surface area contributed by atoms with Crippen LogP contribution in [0.5, 0.6) is 17.2 Å². The maximum absolute atomic E-state index is 12.3. The zero-order chi connectivity index (χ0) is 24.9. The standard InChI is InChI=1S/C25H24O9/c1-4-22(26)33-20-10-12-21(13-11-20)34-25(29)18-6-8-19(9-7-18)31-14-5-15-32-24(28)17(2)16-23(27)30-3/h4,6-13H,1-2,5,14-16H2,3H3. The summed E-state index contributed by atoms with van der Waals surface area (Å²) in [7, 11) is 1.22. The van der Waals surface area contributed by atoms with Gasteiger partial charge in [-0.25, -0.2) is 14.4 Å². The third-order valence-electron chi connectivity index (χ3n) is 4.17. The SMILES string of the molecule is C=CC(=O)Oc1ccc(OC(=O)c2ccc(OCCCOC(=O)C(=C)CC(=O)OC)cc2)cc1. The van der Waals surface area contributed by atoms with Crippen molar-refractivity contribution in [2.45, 2.75) is 12.8 Å². The van der Waals surface area contributed by atoms with Crippen LogP contribution in [0.15, 0.2) is 73.3 Å². The Bertz CT molecular complexity index is 1040. The summed E-state index contributed by atoms with van der Waals surface area (Å²) in [6.45, 7) is 7.16. The number of esters is 4. The zero-order valence-corrected chi connectivity index (χ0v) is 18.6. The van der Waals surface area contributed by atoms with E-state index in [1.54, 1.807) is 24.3 Å². The quantitative estimate of drug-likeness (QED) is 0.200. The molecule has 0 aliphatic rings. The lowest BCUT2D eigenvalue weighted by Crippen LogP contribution is -2.13. The molecule has 2 aromatic carbocycles. The van der Waals surface area contributed by atoms with Gasteiger partial charge in [-0.05, 0) is 48.5 Å². The number of methoxy groups -OCH3 is 1. The van der Waals surface area contributed by atoms with Crippen LogP contribution < -0.4 is 14.2 Å². The topological polar surface area (TPSA) is 114 Å². The molecule has 0 atom stereocenters. The molecule has 0 saturated heterocycles. The summed E-state index contributed by atoms with van der Waals surface area (Å²) in [5, 5.41) is 0. The normalized spacial score (nSPS) is 9.91. The van der Waals surface area contributed by atoms with E-state index in [1.165, 1.54) is 31.4 Å². The van der Waals surface area contributed by atoms with Gasteiger partial charge in [0, 0.05) is 18.1 Å². The van der Waals surface area contributed by atoms with Crippen molar-refractivity contribution in [3.63, 3.8) is 0 Å². The van der Waals surface area contributed by atoms with Gasteiger partial charge in [0.05, 0.1) is 32.3 Å². The van der Waals surface area contributed by atoms with Gasteiger partial charge in [-0.2, -0.15) is 0 Å². The lowest BCUT2D eigenvalue weighted by Gasteiger charge is -2.09. The van der Waals surface area contributed by atoms with Crippen molar-refractivity contribution in [1.82, 2.24) is 0 Å². The monoisotopic (exact) mass is 468 g/mol. The predicted octanol–water partition coefficient (Wildman–Crippen LogP) is 3.43. The molecule has 0 aliphatic heterocycles. The van der Waals surface area contributed by atoms with E-state index in [-0.39, 0.29) is 31.0 Å². The Hall–Kier alpha value is -4.40. The van der Waals surface area contributed by atoms with Gasteiger partial charge in [-0.15, -0.1) is 0 Å². The number of ether oxygens (including phenoxy) is 5. The van der Waals surface area contributed by atoms with Crippen LogP contribution in [0, 0.1) is 0 Å². The van der Waals surface area contributed by atoms with Crippen LogP contribution in [0.25, 0.3) is 0 Å². The van der Waals surface area contributed by atoms with E-state index in [9.17, 15) is 19.2 Å². The predicted molar refractivity (Wildman–Crippen MR) is 121 cm³/mol. The summed E-state index contributed by atoms with van der Waals surface area (Å²) in [5.74, 6) is -1.29. The Morgan fingerprint density at radius 3 is 2.03 bits per heavy atom. The van der Waals surface area contributed by atoms with Crippen LogP contribution in [0.2, 0.25) is 0 Å². The number of carbonyl (C=O) groups excluding carboxylic acids is 4. The molecule has 9 heteroatoms. The van der Waals surface area contributed by atoms with Gasteiger partial charge in [-0.1, -0.05) is 13.2 Å². The summed E-state index contributed by atoms with van der Waals surface area (Å²) >= 11 is 0. The van der Waals surface area contributed by atoms with Crippen molar-refractivity contribution in [3.05, 3.63) is 78.9 Å². The molecular formula is C25H24O9. The first-order valence-corrected chi connectivity index (χ1v) is 10.1. The Morgan fingerprint density at radius 2 is 1.44 bits per heavy atom. The molecule has 0 aromatic heterocycles. The smallest absolute Gasteiger partial charge is 0.343 e. The second-order valence-corrected chi connectivity index (χ2v) is 6.70. The molecule has 2 rings (SSSR count). The molecule has 0 fully saturated rings. The molecule has 178 valence electrons. The molecule has 0 amide bonds. The molecule has 0 saturated carbocycles. The molecule has 2 aromatic rings. The first-order valence-electron chi connectivity index (χ1n) is 10.1. The van der Waals surface area contributed by atoms with Crippen molar-refractivity contribution in [2.75, 3.05) is 20.3 Å². The van der Waals surface area contributed by atoms with Gasteiger partial charge in [0.2, 0.25) is 0 Å². The van der Waals surface area contributed by atoms with E-state index in [0.717, 1.165) is 6.08 Å². The van der Waals surface area contributed by atoms with E-state index in [1.807, 2.05) is 0 Å². The lowest BCUT2D eigenvalue weighted by molar-refractivity contribution is -0.144. The summed E-state index contributed by atoms with van der Waals surface area (Å²) in [6.07, 6.45) is 1.24. The molecule has 0 radical (unpaired) electrons. The highest BCUT2D eigenvalue weighted by Gasteiger charge is 2.13. The Labute approximate surface area is 196 Å². The highest BCUT2D eigenvalue weighted by atomic mass is 16.5. The first-order chi connectivity index (χ1) is 16.3. The molecular weight excluding hydrogens is 444 g/mol. The molecule has 0 N–H and O–H groups in total. The molecule has 0 unspecified atom stereocenters. The number of carbonyl (C=O) groups is 4. The second kappa shape index (κ2) is 13.2. The number of hydrogen-bond acceptors (Lipinski definition) is 9. The fraction of sp³-hybridized carbons (Fsp3) is 0.200. The third-order valence-corrected chi connectivity index (χ3v) is 4.17. The van der Waals surface area contributed by atoms with Gasteiger partial charge >= 0.3 is 23.9 Å². The highest BCUT2D eigenvalue weighted by Crippen LogP contribution is 2.20. The van der Waals surface area contributed by atoms with Crippen LogP contribution in [0.3, 0.4) is 0 Å². The van der Waals surface area contributed by atoms with E-state index in [4.69, 9.17) is 18.9 Å². The van der Waals surface area contributed by atoms with Gasteiger partial charge in [0.15, 0.2) is 0 Å². The maximum atomic E-state index is 12.3. The minimum Gasteiger partial charge on any atom is -0.493 e. The molecule has 0 aliphatic carbocycles. The average Bonchev–Trinajstić information content (AvgIpc) is 2.84. The average molecular weight is 468 g/mol. The van der Waals surface area contributed by atoms with E-state index >= 15 is 0 Å². The van der Waals surface area contributed by atoms with Gasteiger partial charge in [-0.3, -0.25) is 4.79 Å². The number of benzene rings is 2. The highest BCUT2D eigenvalue weighted by molar-refractivity contribution is 5.93. The Kier molecular flexibility index (Phi) is 10.1. The van der Waals surface area contributed by atoms with Gasteiger partial charge < -0.3 is 23.7 Å². The Morgan fingerprint density at radius 1 is 0.853 bits per heavy atom. The number of hydrogen-bond donors (Lipinski definition) is 0. The van der Waals surface area contributed by atoms with Crippen molar-refractivity contribution in [3.8, 4) is 17.2 Å². The van der Waals surface area contributed by atoms with Crippen molar-refractivity contribution in [2.24, 2.45) is 0 Å². The minimum atomic E-state index is -0.666. The van der Waals surface area contributed by atoms with Crippen LogP contribution in [0.1, 0.15) is 23.2 Å². The van der Waals surface area contributed by atoms with Crippen molar-refractivity contribution < 1.29 is 42.9 Å². The Balaban J connectivity index is 1.73. The summed E-state index contributed by atoms with van der Waals surface area (Å²) < 4.78 is 25.3. The first kappa shape index (κ1) is 25.9. The van der Waals surface area contributed by atoms with Crippen LogP contribution in [-0.4, -0.2) is 44.2 Å². The summed E-state index contributed by atoms with van der Waals surface area (Å²) in [4.78, 5) is 46.3. The maximum Gasteiger partial charge on any atom is 0.343 e. The molecule has 0 spiro atoms. The minimum absolute atomic E-state index is 0.0160. The fourth-order valence-electron chi connectivity index (χ4n) is 2.42. The van der Waals surface area contributed by atoms with E-state index in [0.29, 0.717) is 23.5 Å². The van der Waals surface area contributed by atoms with Crippen molar-refractivity contribution in [1.29, 1.82) is 0 Å². The summed E-state index contributed by atoms with van der Waals surface area (Å²) in [5.41, 5.74) is 0.329. The molecule has 9 nitrogen and oxygen atoms in total. The fourth-order valence-corrected chi connectivity index (χ4v) is 2.42. The largest absolute Gasteiger partial charge is 0.493 e. The number of rotatable bonds is 12. The molecule has 0 heterocycles. The zero-order valence-electron chi connectivity index (χ0n) is 18.6. The summed E-state index contributed by atoms with van der Waals surface area (Å²) in [6, 6.07) is 12.3. The van der Waals surface area contributed by atoms with Crippen LogP contribution in [0.4, 0.5) is 0 Å². The second-order valence-electron chi connectivity index (χ2n) is 6.70. The molecule has 0 bridgehead atoms. The third kappa shape index (κ3) is 8.62. The van der Waals surface area contributed by atoms with Gasteiger partial charge in [0.1, 0.15) is 17.2 Å². The van der Waals surface area contributed by atoms with Crippen LogP contribution in [-0.2, 0) is 23.9 Å². The van der Waals surface area contributed by atoms with Crippen LogP contribution >= 0.6 is 0 Å². The van der Waals surface area contributed by atoms with Gasteiger partial charge in [0.25, 0.3) is 0 Å². The van der Waals surface area contributed by atoms with E-state index < -0.39 is 23.9 Å². The van der Waals surface area contributed by atoms with E-state index in [2.05, 4.69) is 17.9 Å². The molecule has 34 heavy (non-hydrogen) atoms. The van der Waals surface area contributed by atoms with Crippen molar-refractivity contribution >= 4 is 23.9 Å². The lowest BCUT2D eigenvalue weighted by atomic mass is 10.2.